The Morgan fingerprint density at radius 2 is 1.79 bits per heavy atom. The molecule has 0 bridgehead atoms. The van der Waals surface area contributed by atoms with E-state index in [2.05, 4.69) is 13.8 Å². The van der Waals surface area contributed by atoms with E-state index in [1.807, 2.05) is 6.92 Å². The predicted molar refractivity (Wildman–Crippen MR) is 59.1 cm³/mol. The van der Waals surface area contributed by atoms with E-state index in [0.717, 1.165) is 24.7 Å². The molecule has 14 heavy (non-hydrogen) atoms. The van der Waals surface area contributed by atoms with Crippen molar-refractivity contribution < 1.29 is 5.11 Å². The summed E-state index contributed by atoms with van der Waals surface area (Å²) in [6.07, 6.45) is 7.40. The minimum atomic E-state index is -0.366. The number of hydrogen-bond acceptors (Lipinski definition) is 1. The maximum atomic E-state index is 10.1. The Morgan fingerprint density at radius 1 is 1.07 bits per heavy atom. The molecule has 0 aromatic heterocycles. The molecular formula is C13H24O. The first-order chi connectivity index (χ1) is 6.41. The molecule has 0 unspecified atom stereocenters. The lowest BCUT2D eigenvalue weighted by atomic mass is 9.57. The zero-order valence-corrected chi connectivity index (χ0v) is 9.84. The van der Waals surface area contributed by atoms with Crippen LogP contribution < -0.4 is 0 Å². The molecule has 0 aromatic rings. The Morgan fingerprint density at radius 3 is 2.50 bits per heavy atom. The van der Waals surface area contributed by atoms with Crippen LogP contribution >= 0.6 is 0 Å². The van der Waals surface area contributed by atoms with Gasteiger partial charge in [-0.05, 0) is 49.9 Å². The standard InChI is InChI=1S/C13H24O/c1-12(2)7-4-5-10-9-13(3,14)8-6-11(10)12/h10-11,14H,4-9H2,1-3H3/t10-,11+,13-/m0/s1. The Kier molecular flexibility index (Phi) is 2.42. The normalized spacial score (nSPS) is 47.1. The second-order valence-electron chi connectivity index (χ2n) is 6.49. The van der Waals surface area contributed by atoms with Gasteiger partial charge < -0.3 is 5.11 Å². The van der Waals surface area contributed by atoms with Gasteiger partial charge >= 0.3 is 0 Å². The average molecular weight is 196 g/mol. The van der Waals surface area contributed by atoms with E-state index in [9.17, 15) is 5.11 Å². The van der Waals surface area contributed by atoms with Gasteiger partial charge in [-0.3, -0.25) is 0 Å². The summed E-state index contributed by atoms with van der Waals surface area (Å²) in [4.78, 5) is 0. The maximum absolute atomic E-state index is 10.1. The van der Waals surface area contributed by atoms with Crippen LogP contribution in [0.5, 0.6) is 0 Å². The van der Waals surface area contributed by atoms with E-state index in [4.69, 9.17) is 0 Å². The third-order valence-corrected chi connectivity index (χ3v) is 4.66. The van der Waals surface area contributed by atoms with E-state index in [1.165, 1.54) is 25.7 Å². The molecular weight excluding hydrogens is 172 g/mol. The van der Waals surface area contributed by atoms with Crippen molar-refractivity contribution >= 4 is 0 Å². The van der Waals surface area contributed by atoms with Crippen molar-refractivity contribution in [1.82, 2.24) is 0 Å². The zero-order valence-electron chi connectivity index (χ0n) is 9.84. The summed E-state index contributed by atoms with van der Waals surface area (Å²) in [7, 11) is 0. The van der Waals surface area contributed by atoms with Crippen LogP contribution in [0.4, 0.5) is 0 Å². The minimum absolute atomic E-state index is 0.366. The van der Waals surface area contributed by atoms with Gasteiger partial charge in [0.2, 0.25) is 0 Å². The quantitative estimate of drug-likeness (QED) is 0.630. The molecule has 2 saturated carbocycles. The summed E-state index contributed by atoms with van der Waals surface area (Å²) in [5.74, 6) is 1.67. The largest absolute Gasteiger partial charge is 0.390 e. The molecule has 2 aliphatic carbocycles. The summed E-state index contributed by atoms with van der Waals surface area (Å²) in [5, 5.41) is 10.1. The van der Waals surface area contributed by atoms with E-state index < -0.39 is 0 Å². The molecule has 0 radical (unpaired) electrons. The molecule has 82 valence electrons. The molecule has 1 N–H and O–H groups in total. The summed E-state index contributed by atoms with van der Waals surface area (Å²) >= 11 is 0. The fourth-order valence-electron chi connectivity index (χ4n) is 3.85. The highest BCUT2D eigenvalue weighted by atomic mass is 16.3. The summed E-state index contributed by atoms with van der Waals surface area (Å²) < 4.78 is 0. The van der Waals surface area contributed by atoms with E-state index in [-0.39, 0.29) is 5.60 Å². The van der Waals surface area contributed by atoms with Gasteiger partial charge in [0.15, 0.2) is 0 Å². The Balaban J connectivity index is 2.11. The van der Waals surface area contributed by atoms with Gasteiger partial charge in [0.05, 0.1) is 5.60 Å². The zero-order chi connectivity index (χ0) is 10.4. The number of aliphatic hydroxyl groups is 1. The van der Waals surface area contributed by atoms with Gasteiger partial charge in [-0.1, -0.05) is 26.7 Å². The highest BCUT2D eigenvalue weighted by molar-refractivity contribution is 4.95. The molecule has 0 aliphatic heterocycles. The van der Waals surface area contributed by atoms with Crippen molar-refractivity contribution in [3.05, 3.63) is 0 Å². The van der Waals surface area contributed by atoms with Crippen LogP contribution in [0.15, 0.2) is 0 Å². The molecule has 1 heteroatoms. The predicted octanol–water partition coefficient (Wildman–Crippen LogP) is 3.36. The Hall–Kier alpha value is -0.0400. The molecule has 0 aromatic carbocycles. The Bertz CT molecular complexity index is 217. The van der Waals surface area contributed by atoms with Crippen molar-refractivity contribution in [2.75, 3.05) is 0 Å². The SMILES string of the molecule is CC1(C)CCC[C@H]2C[C@@](C)(O)CC[C@H]21. The first-order valence-corrected chi connectivity index (χ1v) is 6.13. The van der Waals surface area contributed by atoms with Crippen LogP contribution in [-0.4, -0.2) is 10.7 Å². The number of fused-ring (bicyclic) bond motifs is 1. The molecule has 0 spiro atoms. The van der Waals surface area contributed by atoms with E-state index in [1.54, 1.807) is 0 Å². The van der Waals surface area contributed by atoms with Gasteiger partial charge in [-0.15, -0.1) is 0 Å². The maximum Gasteiger partial charge on any atom is 0.0622 e. The fraction of sp³-hybridized carbons (Fsp3) is 1.00. The molecule has 2 fully saturated rings. The third kappa shape index (κ3) is 1.84. The van der Waals surface area contributed by atoms with Crippen LogP contribution in [0.2, 0.25) is 0 Å². The van der Waals surface area contributed by atoms with Crippen LogP contribution in [-0.2, 0) is 0 Å². The lowest BCUT2D eigenvalue weighted by Crippen LogP contribution is -2.44. The van der Waals surface area contributed by atoms with Gasteiger partial charge in [0, 0.05) is 0 Å². The molecule has 2 aliphatic rings. The number of rotatable bonds is 0. The molecule has 0 heterocycles. The first-order valence-electron chi connectivity index (χ1n) is 6.13. The van der Waals surface area contributed by atoms with E-state index in [0.29, 0.717) is 5.41 Å². The summed E-state index contributed by atoms with van der Waals surface area (Å²) in [6.45, 7) is 6.86. The summed E-state index contributed by atoms with van der Waals surface area (Å²) in [5.41, 5.74) is 0.161. The minimum Gasteiger partial charge on any atom is -0.390 e. The second-order valence-corrected chi connectivity index (χ2v) is 6.49. The Labute approximate surface area is 87.9 Å². The van der Waals surface area contributed by atoms with Crippen molar-refractivity contribution in [3.63, 3.8) is 0 Å². The molecule has 1 nitrogen and oxygen atoms in total. The van der Waals surface area contributed by atoms with Gasteiger partial charge in [-0.25, -0.2) is 0 Å². The first kappa shape index (κ1) is 10.5. The summed E-state index contributed by atoms with van der Waals surface area (Å²) in [6, 6.07) is 0. The van der Waals surface area contributed by atoms with Gasteiger partial charge in [0.1, 0.15) is 0 Å². The van der Waals surface area contributed by atoms with Gasteiger partial charge in [0.25, 0.3) is 0 Å². The topological polar surface area (TPSA) is 20.2 Å². The van der Waals surface area contributed by atoms with Crippen molar-refractivity contribution in [2.45, 2.75) is 64.9 Å². The van der Waals surface area contributed by atoms with Crippen LogP contribution in [0.25, 0.3) is 0 Å². The molecule has 2 rings (SSSR count). The van der Waals surface area contributed by atoms with Crippen molar-refractivity contribution in [2.24, 2.45) is 17.3 Å². The molecule has 0 amide bonds. The lowest BCUT2D eigenvalue weighted by molar-refractivity contribution is -0.0654. The molecule has 0 saturated heterocycles. The second kappa shape index (κ2) is 3.23. The van der Waals surface area contributed by atoms with Crippen molar-refractivity contribution in [1.29, 1.82) is 0 Å². The average Bonchev–Trinajstić information content (AvgIpc) is 2.00. The van der Waals surface area contributed by atoms with Crippen LogP contribution in [0.3, 0.4) is 0 Å². The van der Waals surface area contributed by atoms with Crippen molar-refractivity contribution in [3.8, 4) is 0 Å². The van der Waals surface area contributed by atoms with Gasteiger partial charge in [-0.2, -0.15) is 0 Å². The smallest absolute Gasteiger partial charge is 0.0622 e. The lowest BCUT2D eigenvalue weighted by Gasteiger charge is -2.50. The highest BCUT2D eigenvalue weighted by Crippen LogP contribution is 2.52. The highest BCUT2D eigenvalue weighted by Gasteiger charge is 2.44. The van der Waals surface area contributed by atoms with E-state index >= 15 is 0 Å². The fourth-order valence-corrected chi connectivity index (χ4v) is 3.85. The van der Waals surface area contributed by atoms with Crippen LogP contribution in [0, 0.1) is 17.3 Å². The van der Waals surface area contributed by atoms with Crippen LogP contribution in [0.1, 0.15) is 59.3 Å². The number of hydrogen-bond donors (Lipinski definition) is 1. The monoisotopic (exact) mass is 196 g/mol. The molecule has 3 atom stereocenters. The third-order valence-electron chi connectivity index (χ3n) is 4.66.